The maximum Gasteiger partial charge on any atom is 0.163 e. The van der Waals surface area contributed by atoms with Crippen molar-refractivity contribution in [3.63, 3.8) is 0 Å². The summed E-state index contributed by atoms with van der Waals surface area (Å²) < 4.78 is 0. The van der Waals surface area contributed by atoms with Crippen molar-refractivity contribution in [2.24, 2.45) is 5.41 Å². The van der Waals surface area contributed by atoms with Crippen molar-refractivity contribution in [3.8, 4) is 0 Å². The van der Waals surface area contributed by atoms with Crippen LogP contribution in [0.4, 0.5) is 0 Å². The van der Waals surface area contributed by atoms with Gasteiger partial charge < -0.3 is 0 Å². The fourth-order valence-corrected chi connectivity index (χ4v) is 3.46. The molecule has 0 aliphatic heterocycles. The van der Waals surface area contributed by atoms with E-state index in [1.165, 1.54) is 11.1 Å². The van der Waals surface area contributed by atoms with Gasteiger partial charge >= 0.3 is 0 Å². The number of rotatable bonds is 3. The molecule has 0 aromatic heterocycles. The number of fused-ring (bicyclic) bond motifs is 1. The summed E-state index contributed by atoms with van der Waals surface area (Å²) in [7, 11) is 0. The van der Waals surface area contributed by atoms with E-state index in [0.717, 1.165) is 28.3 Å². The molecule has 0 amide bonds. The third-order valence-corrected chi connectivity index (χ3v) is 4.59. The highest BCUT2D eigenvalue weighted by molar-refractivity contribution is 6.12. The molecule has 0 radical (unpaired) electrons. The predicted molar refractivity (Wildman–Crippen MR) is 98.7 cm³/mol. The van der Waals surface area contributed by atoms with Gasteiger partial charge in [0.2, 0.25) is 0 Å². The quantitative estimate of drug-likeness (QED) is 0.618. The first-order valence-corrected chi connectivity index (χ1v) is 8.39. The maximum atomic E-state index is 12.7. The molecule has 2 aromatic carbocycles. The molecule has 23 heavy (non-hydrogen) atoms. The van der Waals surface area contributed by atoms with E-state index in [4.69, 9.17) is 0 Å². The van der Waals surface area contributed by atoms with Crippen molar-refractivity contribution in [1.29, 1.82) is 0 Å². The average molecular weight is 304 g/mol. The summed E-state index contributed by atoms with van der Waals surface area (Å²) in [6, 6.07) is 12.5. The van der Waals surface area contributed by atoms with Gasteiger partial charge in [-0.05, 0) is 39.3 Å². The highest BCUT2D eigenvalue weighted by atomic mass is 16.1. The summed E-state index contributed by atoms with van der Waals surface area (Å²) in [5, 5.41) is 2.21. The molecule has 1 aliphatic carbocycles. The van der Waals surface area contributed by atoms with Crippen LogP contribution in [0, 0.1) is 5.41 Å². The number of hydrogen-bond acceptors (Lipinski definition) is 1. The van der Waals surface area contributed by atoms with Crippen LogP contribution < -0.4 is 0 Å². The Morgan fingerprint density at radius 2 is 1.83 bits per heavy atom. The van der Waals surface area contributed by atoms with E-state index in [2.05, 4.69) is 57.2 Å². The topological polar surface area (TPSA) is 17.1 Å². The Morgan fingerprint density at radius 3 is 2.52 bits per heavy atom. The van der Waals surface area contributed by atoms with E-state index in [1.54, 1.807) is 0 Å². The van der Waals surface area contributed by atoms with Crippen LogP contribution in [0.1, 0.15) is 56.5 Å². The molecule has 118 valence electrons. The van der Waals surface area contributed by atoms with E-state index in [0.29, 0.717) is 6.42 Å². The largest absolute Gasteiger partial charge is 0.294 e. The van der Waals surface area contributed by atoms with Gasteiger partial charge in [-0.1, -0.05) is 76.2 Å². The van der Waals surface area contributed by atoms with Crippen molar-refractivity contribution in [3.05, 3.63) is 65.3 Å². The zero-order valence-corrected chi connectivity index (χ0v) is 14.4. The molecule has 0 heterocycles. The Morgan fingerprint density at radius 1 is 1.09 bits per heavy atom. The SMILES string of the molecule is CCC(=O)c1c(C2=C(C(C)(C)C)C=CC2)ccc2ccccc12. The van der Waals surface area contributed by atoms with Crippen molar-refractivity contribution in [2.75, 3.05) is 0 Å². The van der Waals surface area contributed by atoms with Crippen LogP contribution in [0.15, 0.2) is 54.1 Å². The third kappa shape index (κ3) is 2.76. The Bertz CT molecular complexity index is 829. The second kappa shape index (κ2) is 5.81. The van der Waals surface area contributed by atoms with Gasteiger partial charge in [0.05, 0.1) is 0 Å². The van der Waals surface area contributed by atoms with E-state index in [1.807, 2.05) is 19.1 Å². The highest BCUT2D eigenvalue weighted by Crippen LogP contribution is 2.41. The molecule has 0 saturated carbocycles. The molecule has 0 saturated heterocycles. The molecular weight excluding hydrogens is 280 g/mol. The standard InChI is InChI=1S/C22H24O/c1-5-20(23)21-16-10-7-6-9-15(16)13-14-18(21)17-11-8-12-19(17)22(2,3)4/h6-10,12-14H,5,11H2,1-4H3. The van der Waals surface area contributed by atoms with Gasteiger partial charge in [0.15, 0.2) is 5.78 Å². The first-order chi connectivity index (χ1) is 10.9. The Hall–Kier alpha value is -2.15. The number of allylic oxidation sites excluding steroid dienone is 4. The summed E-state index contributed by atoms with van der Waals surface area (Å²) in [6.45, 7) is 8.65. The molecule has 2 aromatic rings. The van der Waals surface area contributed by atoms with Crippen LogP contribution in [0.5, 0.6) is 0 Å². The zero-order chi connectivity index (χ0) is 16.6. The molecule has 0 atom stereocenters. The molecule has 0 fully saturated rings. The summed E-state index contributed by atoms with van der Waals surface area (Å²) in [5.74, 6) is 0.226. The van der Waals surface area contributed by atoms with E-state index in [9.17, 15) is 4.79 Å². The van der Waals surface area contributed by atoms with Gasteiger partial charge in [0.1, 0.15) is 0 Å². The van der Waals surface area contributed by atoms with Crippen LogP contribution in [-0.4, -0.2) is 5.78 Å². The fourth-order valence-electron chi connectivity index (χ4n) is 3.46. The lowest BCUT2D eigenvalue weighted by atomic mass is 9.81. The molecule has 0 bridgehead atoms. The molecule has 0 spiro atoms. The lowest BCUT2D eigenvalue weighted by Crippen LogP contribution is -2.10. The van der Waals surface area contributed by atoms with Gasteiger partial charge in [-0.3, -0.25) is 4.79 Å². The minimum absolute atomic E-state index is 0.0838. The van der Waals surface area contributed by atoms with Gasteiger partial charge in [-0.25, -0.2) is 0 Å². The number of benzene rings is 2. The summed E-state index contributed by atoms with van der Waals surface area (Å²) in [5.41, 5.74) is 4.75. The number of hydrogen-bond donors (Lipinski definition) is 0. The zero-order valence-electron chi connectivity index (χ0n) is 14.4. The van der Waals surface area contributed by atoms with E-state index in [-0.39, 0.29) is 11.2 Å². The number of Topliss-reactive ketones (excluding diaryl/α,β-unsaturated/α-hetero) is 1. The Kier molecular flexibility index (Phi) is 3.97. The van der Waals surface area contributed by atoms with Crippen LogP contribution in [0.25, 0.3) is 16.3 Å². The first kappa shape index (κ1) is 15.7. The second-order valence-electron chi connectivity index (χ2n) is 7.23. The minimum atomic E-state index is 0.0838. The van der Waals surface area contributed by atoms with Crippen LogP contribution >= 0.6 is 0 Å². The van der Waals surface area contributed by atoms with Crippen LogP contribution in [0.2, 0.25) is 0 Å². The third-order valence-electron chi connectivity index (χ3n) is 4.59. The normalized spacial score (nSPS) is 14.8. The van der Waals surface area contributed by atoms with E-state index >= 15 is 0 Å². The van der Waals surface area contributed by atoms with Crippen LogP contribution in [-0.2, 0) is 0 Å². The molecule has 0 N–H and O–H groups in total. The number of carbonyl (C=O) groups excluding carboxylic acids is 1. The Balaban J connectivity index is 2.32. The minimum Gasteiger partial charge on any atom is -0.294 e. The summed E-state index contributed by atoms with van der Waals surface area (Å²) in [6.07, 6.45) is 5.89. The summed E-state index contributed by atoms with van der Waals surface area (Å²) in [4.78, 5) is 12.7. The van der Waals surface area contributed by atoms with Gasteiger partial charge in [0.25, 0.3) is 0 Å². The molecular formula is C22H24O. The fraction of sp³-hybridized carbons (Fsp3) is 0.318. The second-order valence-corrected chi connectivity index (χ2v) is 7.23. The van der Waals surface area contributed by atoms with Gasteiger partial charge in [-0.15, -0.1) is 0 Å². The lowest BCUT2D eigenvalue weighted by molar-refractivity contribution is 0.0989. The first-order valence-electron chi connectivity index (χ1n) is 8.39. The Labute approximate surface area is 138 Å². The van der Waals surface area contributed by atoms with Crippen molar-refractivity contribution >= 4 is 22.1 Å². The lowest BCUT2D eigenvalue weighted by Gasteiger charge is -2.23. The smallest absolute Gasteiger partial charge is 0.163 e. The maximum absolute atomic E-state index is 12.7. The molecule has 1 nitrogen and oxygen atoms in total. The molecule has 1 aliphatic rings. The van der Waals surface area contributed by atoms with Gasteiger partial charge in [0, 0.05) is 12.0 Å². The number of ketones is 1. The average Bonchev–Trinajstić information content (AvgIpc) is 3.02. The highest BCUT2D eigenvalue weighted by Gasteiger charge is 2.25. The molecule has 3 rings (SSSR count). The summed E-state index contributed by atoms with van der Waals surface area (Å²) >= 11 is 0. The van der Waals surface area contributed by atoms with Crippen molar-refractivity contribution in [2.45, 2.75) is 40.5 Å². The van der Waals surface area contributed by atoms with Crippen molar-refractivity contribution in [1.82, 2.24) is 0 Å². The molecule has 0 unspecified atom stereocenters. The van der Waals surface area contributed by atoms with Crippen LogP contribution in [0.3, 0.4) is 0 Å². The van der Waals surface area contributed by atoms with E-state index < -0.39 is 0 Å². The molecule has 1 heteroatoms. The monoisotopic (exact) mass is 304 g/mol. The van der Waals surface area contributed by atoms with Gasteiger partial charge in [-0.2, -0.15) is 0 Å². The predicted octanol–water partition coefficient (Wildman–Crippen LogP) is 6.19. The van der Waals surface area contributed by atoms with Crippen molar-refractivity contribution < 1.29 is 4.79 Å². The number of carbonyl (C=O) groups is 1.